The van der Waals surface area contributed by atoms with Crippen molar-refractivity contribution in [3.8, 4) is 0 Å². The number of nitrogens with zero attached hydrogens (tertiary/aromatic N) is 2. The normalized spacial score (nSPS) is 21.5. The van der Waals surface area contributed by atoms with E-state index in [9.17, 15) is 13.2 Å². The fourth-order valence-electron chi connectivity index (χ4n) is 2.66. The molecule has 0 aromatic heterocycles. The minimum absolute atomic E-state index is 0.178. The molecule has 6 nitrogen and oxygen atoms in total. The average Bonchev–Trinajstić information content (AvgIpc) is 2.61. The molecule has 122 valence electrons. The molecule has 1 fully saturated rings. The monoisotopic (exact) mass is 325 g/mol. The van der Waals surface area contributed by atoms with Gasteiger partial charge in [-0.05, 0) is 24.7 Å². The lowest BCUT2D eigenvalue weighted by atomic mass is 10.1. The van der Waals surface area contributed by atoms with Gasteiger partial charge in [0.25, 0.3) is 0 Å². The van der Waals surface area contributed by atoms with Crippen molar-refractivity contribution in [2.45, 2.75) is 11.4 Å². The molecule has 0 aliphatic carbocycles. The van der Waals surface area contributed by atoms with Crippen LogP contribution in [-0.4, -0.2) is 63.6 Å². The first kappa shape index (κ1) is 16.9. The first-order valence-corrected chi connectivity index (χ1v) is 9.14. The number of carbonyl (C=O) groups excluding carboxylic acids is 1. The lowest BCUT2D eigenvalue weighted by Gasteiger charge is -2.22. The Labute approximate surface area is 131 Å². The molecular weight excluding hydrogens is 302 g/mol. The molecule has 1 aromatic carbocycles. The lowest BCUT2D eigenvalue weighted by Crippen LogP contribution is -2.37. The van der Waals surface area contributed by atoms with Gasteiger partial charge in [-0.25, -0.2) is 8.42 Å². The summed E-state index contributed by atoms with van der Waals surface area (Å²) >= 11 is 0. The van der Waals surface area contributed by atoms with Gasteiger partial charge in [-0.3, -0.25) is 9.69 Å². The largest absolute Gasteiger partial charge is 0.369 e. The van der Waals surface area contributed by atoms with Gasteiger partial charge < -0.3 is 10.6 Å². The number of amides is 1. The zero-order chi connectivity index (χ0) is 16.3. The molecule has 0 bridgehead atoms. The van der Waals surface area contributed by atoms with Crippen molar-refractivity contribution in [1.29, 1.82) is 0 Å². The predicted molar refractivity (Wildman–Crippen MR) is 85.0 cm³/mol. The molecule has 1 amide bonds. The van der Waals surface area contributed by atoms with Crippen LogP contribution in [0.1, 0.15) is 5.56 Å². The Balaban J connectivity index is 2.07. The van der Waals surface area contributed by atoms with Gasteiger partial charge in [0, 0.05) is 39.0 Å². The molecule has 1 aliphatic rings. The maximum atomic E-state index is 11.5. The number of sulfone groups is 1. The third kappa shape index (κ3) is 4.53. The zero-order valence-electron chi connectivity index (χ0n) is 13.0. The molecule has 1 aromatic rings. The average molecular weight is 325 g/mol. The fraction of sp³-hybridized carbons (Fsp3) is 0.533. The molecule has 1 atom stereocenters. The van der Waals surface area contributed by atoms with Crippen LogP contribution >= 0.6 is 0 Å². The first-order chi connectivity index (χ1) is 10.3. The molecule has 22 heavy (non-hydrogen) atoms. The molecular formula is C15H23N3O3S. The SMILES string of the molecule is CN1CCN(Cc2ccc(S(C)(=O)=O)cc2)C[C@@H](C(N)=O)C1. The second-order valence-electron chi connectivity index (χ2n) is 6.01. The molecule has 1 saturated heterocycles. The minimum Gasteiger partial charge on any atom is -0.369 e. The maximum Gasteiger partial charge on any atom is 0.223 e. The van der Waals surface area contributed by atoms with Crippen LogP contribution in [0.15, 0.2) is 29.2 Å². The van der Waals surface area contributed by atoms with E-state index in [4.69, 9.17) is 5.73 Å². The van der Waals surface area contributed by atoms with E-state index >= 15 is 0 Å². The third-order valence-electron chi connectivity index (χ3n) is 3.97. The molecule has 2 N–H and O–H groups in total. The van der Waals surface area contributed by atoms with E-state index in [1.54, 1.807) is 12.1 Å². The highest BCUT2D eigenvalue weighted by Gasteiger charge is 2.24. The van der Waals surface area contributed by atoms with Gasteiger partial charge in [-0.15, -0.1) is 0 Å². The highest BCUT2D eigenvalue weighted by atomic mass is 32.2. The van der Waals surface area contributed by atoms with Gasteiger partial charge in [0.05, 0.1) is 10.8 Å². The summed E-state index contributed by atoms with van der Waals surface area (Å²) in [5.41, 5.74) is 6.49. The molecule has 0 radical (unpaired) electrons. The lowest BCUT2D eigenvalue weighted by molar-refractivity contribution is -0.122. The Hall–Kier alpha value is -1.44. The Morgan fingerprint density at radius 1 is 1.23 bits per heavy atom. The number of likely N-dealkylation sites (N-methyl/N-ethyl adjacent to an activating group) is 1. The number of benzene rings is 1. The topological polar surface area (TPSA) is 83.7 Å². The maximum absolute atomic E-state index is 11.5. The van der Waals surface area contributed by atoms with E-state index in [0.29, 0.717) is 24.5 Å². The number of primary amides is 1. The summed E-state index contributed by atoms with van der Waals surface area (Å²) in [5.74, 6) is -0.450. The Bertz CT molecular complexity index is 628. The molecule has 0 unspecified atom stereocenters. The van der Waals surface area contributed by atoms with Gasteiger partial charge in [0.2, 0.25) is 5.91 Å². The van der Waals surface area contributed by atoms with Crippen LogP contribution in [0.4, 0.5) is 0 Å². The highest BCUT2D eigenvalue weighted by molar-refractivity contribution is 7.90. The van der Waals surface area contributed by atoms with Crippen molar-refractivity contribution in [3.05, 3.63) is 29.8 Å². The summed E-state index contributed by atoms with van der Waals surface area (Å²) in [6.45, 7) is 3.73. The number of hydrogen-bond acceptors (Lipinski definition) is 5. The summed E-state index contributed by atoms with van der Waals surface area (Å²) in [6, 6.07) is 6.90. The zero-order valence-corrected chi connectivity index (χ0v) is 13.8. The van der Waals surface area contributed by atoms with Crippen LogP contribution in [0.5, 0.6) is 0 Å². The van der Waals surface area contributed by atoms with Crippen LogP contribution in [-0.2, 0) is 21.2 Å². The molecule has 1 heterocycles. The van der Waals surface area contributed by atoms with E-state index in [0.717, 1.165) is 18.7 Å². The Kier molecular flexibility index (Phi) is 5.20. The van der Waals surface area contributed by atoms with E-state index in [-0.39, 0.29) is 11.8 Å². The molecule has 1 aliphatic heterocycles. The van der Waals surface area contributed by atoms with Gasteiger partial charge in [0.15, 0.2) is 9.84 Å². The van der Waals surface area contributed by atoms with E-state index in [2.05, 4.69) is 9.80 Å². The summed E-state index contributed by atoms with van der Waals surface area (Å²) < 4.78 is 22.9. The van der Waals surface area contributed by atoms with Crippen molar-refractivity contribution >= 4 is 15.7 Å². The smallest absolute Gasteiger partial charge is 0.223 e. The highest BCUT2D eigenvalue weighted by Crippen LogP contribution is 2.15. The summed E-state index contributed by atoms with van der Waals surface area (Å²) in [4.78, 5) is 16.1. The minimum atomic E-state index is -3.17. The predicted octanol–water partition coefficient (Wildman–Crippen LogP) is -0.0610. The molecule has 2 rings (SSSR count). The standard InChI is InChI=1S/C15H23N3O3S/c1-17-7-8-18(11-13(10-17)15(16)19)9-12-3-5-14(6-4-12)22(2,20)21/h3-6,13H,7-11H2,1-2H3,(H2,16,19)/t13-/m0/s1. The summed E-state index contributed by atoms with van der Waals surface area (Å²) in [7, 11) is -1.18. The number of carbonyl (C=O) groups is 1. The third-order valence-corrected chi connectivity index (χ3v) is 5.10. The van der Waals surface area contributed by atoms with E-state index < -0.39 is 9.84 Å². The fourth-order valence-corrected chi connectivity index (χ4v) is 3.29. The summed E-state index contributed by atoms with van der Waals surface area (Å²) in [5, 5.41) is 0. The van der Waals surface area contributed by atoms with Crippen LogP contribution in [0.2, 0.25) is 0 Å². The van der Waals surface area contributed by atoms with Crippen LogP contribution in [0.3, 0.4) is 0 Å². The van der Waals surface area contributed by atoms with Crippen molar-refractivity contribution in [2.75, 3.05) is 39.5 Å². The van der Waals surface area contributed by atoms with E-state index in [1.165, 1.54) is 6.26 Å². The Morgan fingerprint density at radius 3 is 2.41 bits per heavy atom. The first-order valence-electron chi connectivity index (χ1n) is 7.25. The van der Waals surface area contributed by atoms with Crippen molar-refractivity contribution < 1.29 is 13.2 Å². The van der Waals surface area contributed by atoms with Crippen LogP contribution in [0, 0.1) is 5.92 Å². The van der Waals surface area contributed by atoms with Gasteiger partial charge in [-0.1, -0.05) is 12.1 Å². The van der Waals surface area contributed by atoms with E-state index in [1.807, 2.05) is 19.2 Å². The summed E-state index contributed by atoms with van der Waals surface area (Å²) in [6.07, 6.45) is 1.20. The van der Waals surface area contributed by atoms with Crippen molar-refractivity contribution in [1.82, 2.24) is 9.80 Å². The second kappa shape index (κ2) is 6.76. The van der Waals surface area contributed by atoms with Gasteiger partial charge >= 0.3 is 0 Å². The number of rotatable bonds is 4. The van der Waals surface area contributed by atoms with Crippen molar-refractivity contribution in [3.63, 3.8) is 0 Å². The molecule has 7 heteroatoms. The van der Waals surface area contributed by atoms with Gasteiger partial charge in [-0.2, -0.15) is 0 Å². The van der Waals surface area contributed by atoms with Crippen LogP contribution in [0.25, 0.3) is 0 Å². The van der Waals surface area contributed by atoms with Gasteiger partial charge in [0.1, 0.15) is 0 Å². The van der Waals surface area contributed by atoms with Crippen molar-refractivity contribution in [2.24, 2.45) is 11.7 Å². The second-order valence-corrected chi connectivity index (χ2v) is 8.03. The number of nitrogens with two attached hydrogens (primary N) is 1. The quantitative estimate of drug-likeness (QED) is 0.838. The molecule has 0 saturated carbocycles. The Morgan fingerprint density at radius 2 is 1.86 bits per heavy atom. The number of hydrogen-bond donors (Lipinski definition) is 1. The van der Waals surface area contributed by atoms with Crippen LogP contribution < -0.4 is 5.73 Å². The molecule has 0 spiro atoms.